The first kappa shape index (κ1) is 15.7. The van der Waals surface area contributed by atoms with Crippen LogP contribution in [0.2, 0.25) is 0 Å². The van der Waals surface area contributed by atoms with E-state index in [-0.39, 0.29) is 5.69 Å². The fourth-order valence-electron chi connectivity index (χ4n) is 1.30. The molecule has 0 heterocycles. The number of alkyl halides is 5. The topological polar surface area (TPSA) is 46.2 Å². The Hall–Kier alpha value is -1.38. The maximum absolute atomic E-state index is 12.4. The summed E-state index contributed by atoms with van der Waals surface area (Å²) in [6.07, 6.45) is -5.61. The summed E-state index contributed by atoms with van der Waals surface area (Å²) in [5.74, 6) is -3.63. The highest BCUT2D eigenvalue weighted by Crippen LogP contribution is 2.27. The minimum absolute atomic E-state index is 0.271. The van der Waals surface area contributed by atoms with Gasteiger partial charge in [0.15, 0.2) is 0 Å². The molecule has 1 N–H and O–H groups in total. The van der Waals surface area contributed by atoms with Crippen molar-refractivity contribution >= 4 is 15.5 Å². The number of rotatable bonds is 5. The largest absolute Gasteiger partial charge is 0.390 e. The highest BCUT2D eigenvalue weighted by atomic mass is 32.2. The number of benzene rings is 1. The Morgan fingerprint density at radius 1 is 1.16 bits per heavy atom. The smallest absolute Gasteiger partial charge is 0.384 e. The van der Waals surface area contributed by atoms with E-state index in [0.717, 1.165) is 12.1 Å². The third-order valence-electron chi connectivity index (χ3n) is 2.15. The third kappa shape index (κ3) is 4.34. The molecule has 9 heteroatoms. The average Bonchev–Trinajstić information content (AvgIpc) is 2.27. The lowest BCUT2D eigenvalue weighted by Gasteiger charge is -2.13. The van der Waals surface area contributed by atoms with Crippen LogP contribution in [0.25, 0.3) is 0 Å². The number of anilines is 1. The van der Waals surface area contributed by atoms with Crippen molar-refractivity contribution < 1.29 is 30.4 Å². The fraction of sp³-hybridized carbons (Fsp3) is 0.400. The van der Waals surface area contributed by atoms with Gasteiger partial charge in [-0.25, -0.2) is 8.42 Å². The van der Waals surface area contributed by atoms with Gasteiger partial charge in [-0.3, -0.25) is 0 Å². The first-order valence-electron chi connectivity index (χ1n) is 5.06. The van der Waals surface area contributed by atoms with Gasteiger partial charge >= 0.3 is 11.9 Å². The molecule has 0 saturated heterocycles. The van der Waals surface area contributed by atoms with Gasteiger partial charge in [-0.1, -0.05) is 12.1 Å². The monoisotopic (exact) mass is 303 g/mol. The van der Waals surface area contributed by atoms with Crippen LogP contribution in [0, 0.1) is 0 Å². The summed E-state index contributed by atoms with van der Waals surface area (Å²) in [5, 5.41) is 2.20. The van der Waals surface area contributed by atoms with Gasteiger partial charge in [0.25, 0.3) is 0 Å². The Morgan fingerprint density at radius 2 is 1.74 bits per heavy atom. The van der Waals surface area contributed by atoms with Gasteiger partial charge in [0, 0.05) is 6.54 Å². The SMILES string of the molecule is O=S(=O)(c1ccccc1NCCC(F)(F)F)C(F)F. The van der Waals surface area contributed by atoms with E-state index in [4.69, 9.17) is 0 Å². The second kappa shape index (κ2) is 5.72. The lowest BCUT2D eigenvalue weighted by molar-refractivity contribution is -0.131. The normalized spacial score (nSPS) is 12.7. The van der Waals surface area contributed by atoms with Crippen LogP contribution in [0.1, 0.15) is 6.42 Å². The van der Waals surface area contributed by atoms with Crippen molar-refractivity contribution in [2.75, 3.05) is 11.9 Å². The number of nitrogens with one attached hydrogen (secondary N) is 1. The van der Waals surface area contributed by atoms with Gasteiger partial charge in [-0.05, 0) is 12.1 Å². The van der Waals surface area contributed by atoms with Crippen molar-refractivity contribution in [2.24, 2.45) is 0 Å². The molecular weight excluding hydrogens is 293 g/mol. The Balaban J connectivity index is 2.92. The van der Waals surface area contributed by atoms with E-state index in [1.807, 2.05) is 0 Å². The zero-order valence-electron chi connectivity index (χ0n) is 9.42. The predicted octanol–water partition coefficient (Wildman–Crippen LogP) is 3.05. The minimum Gasteiger partial charge on any atom is -0.384 e. The lowest BCUT2D eigenvalue weighted by atomic mass is 10.3. The van der Waals surface area contributed by atoms with E-state index in [2.05, 4.69) is 5.32 Å². The van der Waals surface area contributed by atoms with Crippen LogP contribution >= 0.6 is 0 Å². The van der Waals surface area contributed by atoms with Gasteiger partial charge in [-0.15, -0.1) is 0 Å². The number of sulfone groups is 1. The molecule has 3 nitrogen and oxygen atoms in total. The summed E-state index contributed by atoms with van der Waals surface area (Å²) >= 11 is 0. The van der Waals surface area contributed by atoms with Crippen LogP contribution in [0.5, 0.6) is 0 Å². The molecule has 1 aromatic rings. The van der Waals surface area contributed by atoms with E-state index in [0.29, 0.717) is 0 Å². The summed E-state index contributed by atoms with van der Waals surface area (Å²) in [6, 6.07) is 4.59. The number of hydrogen-bond acceptors (Lipinski definition) is 3. The maximum atomic E-state index is 12.4. The van der Waals surface area contributed by atoms with Crippen molar-refractivity contribution in [2.45, 2.75) is 23.3 Å². The molecule has 19 heavy (non-hydrogen) atoms. The first-order chi connectivity index (χ1) is 8.64. The van der Waals surface area contributed by atoms with E-state index in [9.17, 15) is 30.4 Å². The van der Waals surface area contributed by atoms with Crippen molar-refractivity contribution in [3.8, 4) is 0 Å². The van der Waals surface area contributed by atoms with Crippen LogP contribution in [0.3, 0.4) is 0 Å². The molecule has 0 aromatic heterocycles. The minimum atomic E-state index is -4.85. The van der Waals surface area contributed by atoms with Crippen LogP contribution < -0.4 is 5.32 Å². The standard InChI is InChI=1S/C10H10F5NO2S/c11-9(12)19(17,18)8-4-2-1-3-7(8)16-6-5-10(13,14)15/h1-4,9,16H,5-6H2. The van der Waals surface area contributed by atoms with E-state index >= 15 is 0 Å². The number of halogens is 5. The van der Waals surface area contributed by atoms with Gasteiger partial charge in [0.1, 0.15) is 0 Å². The van der Waals surface area contributed by atoms with Crippen LogP contribution in [-0.4, -0.2) is 26.9 Å². The van der Waals surface area contributed by atoms with Crippen molar-refractivity contribution in [1.29, 1.82) is 0 Å². The van der Waals surface area contributed by atoms with E-state index in [1.165, 1.54) is 12.1 Å². The Morgan fingerprint density at radius 3 is 2.26 bits per heavy atom. The van der Waals surface area contributed by atoms with Gasteiger partial charge in [-0.2, -0.15) is 22.0 Å². The summed E-state index contributed by atoms with van der Waals surface area (Å²) in [5.41, 5.74) is -0.271. The predicted molar refractivity (Wildman–Crippen MR) is 58.8 cm³/mol. The second-order valence-electron chi connectivity index (χ2n) is 3.59. The molecule has 1 aromatic carbocycles. The molecule has 0 saturated carbocycles. The molecule has 0 fully saturated rings. The van der Waals surface area contributed by atoms with Crippen LogP contribution in [0.4, 0.5) is 27.6 Å². The molecule has 0 bridgehead atoms. The Labute approximate surface area is 106 Å². The Bertz CT molecular complexity index is 527. The molecule has 0 amide bonds. The zero-order chi connectivity index (χ0) is 14.7. The zero-order valence-corrected chi connectivity index (χ0v) is 10.2. The molecule has 0 radical (unpaired) electrons. The molecule has 0 aliphatic carbocycles. The molecule has 0 atom stereocenters. The van der Waals surface area contributed by atoms with E-state index < -0.39 is 39.6 Å². The van der Waals surface area contributed by atoms with Gasteiger partial charge in [0.05, 0.1) is 17.0 Å². The molecule has 0 aliphatic heterocycles. The maximum Gasteiger partial charge on any atom is 0.390 e. The number of hydrogen-bond donors (Lipinski definition) is 1. The van der Waals surface area contributed by atoms with Gasteiger partial charge < -0.3 is 5.32 Å². The third-order valence-corrected chi connectivity index (χ3v) is 3.59. The quantitative estimate of drug-likeness (QED) is 0.850. The van der Waals surface area contributed by atoms with E-state index in [1.54, 1.807) is 0 Å². The molecule has 1 rings (SSSR count). The molecule has 0 spiro atoms. The molecule has 0 aliphatic rings. The van der Waals surface area contributed by atoms with Crippen molar-refractivity contribution in [3.05, 3.63) is 24.3 Å². The van der Waals surface area contributed by atoms with Gasteiger partial charge in [0.2, 0.25) is 9.84 Å². The van der Waals surface area contributed by atoms with Crippen LogP contribution in [-0.2, 0) is 9.84 Å². The summed E-state index contributed by atoms with van der Waals surface area (Å²) < 4.78 is 83.2. The average molecular weight is 303 g/mol. The molecule has 108 valence electrons. The first-order valence-corrected chi connectivity index (χ1v) is 6.61. The van der Waals surface area contributed by atoms with Crippen molar-refractivity contribution in [3.63, 3.8) is 0 Å². The molecule has 0 unspecified atom stereocenters. The summed E-state index contributed by atoms with van der Waals surface area (Å²) in [4.78, 5) is -0.716. The molecular formula is C10H10F5NO2S. The van der Waals surface area contributed by atoms with Crippen LogP contribution in [0.15, 0.2) is 29.2 Å². The number of para-hydroxylation sites is 1. The van der Waals surface area contributed by atoms with Crippen molar-refractivity contribution in [1.82, 2.24) is 0 Å². The second-order valence-corrected chi connectivity index (χ2v) is 5.48. The highest BCUT2D eigenvalue weighted by molar-refractivity contribution is 7.91. The summed E-state index contributed by atoms with van der Waals surface area (Å²) in [6.45, 7) is -0.598. The Kier molecular flexibility index (Phi) is 4.72. The lowest BCUT2D eigenvalue weighted by Crippen LogP contribution is -2.17. The summed E-state index contributed by atoms with van der Waals surface area (Å²) in [7, 11) is -4.85. The fourth-order valence-corrected chi connectivity index (χ4v) is 2.20. The highest BCUT2D eigenvalue weighted by Gasteiger charge is 2.30.